The smallest absolute Gasteiger partial charge is 0.246 e. The summed E-state index contributed by atoms with van der Waals surface area (Å²) in [5.74, 6) is -0.104. The van der Waals surface area contributed by atoms with Gasteiger partial charge in [-0.25, -0.2) is 4.98 Å². The van der Waals surface area contributed by atoms with Gasteiger partial charge in [-0.3, -0.25) is 9.59 Å². The van der Waals surface area contributed by atoms with E-state index in [1.807, 2.05) is 68.4 Å². The summed E-state index contributed by atoms with van der Waals surface area (Å²) in [6, 6.07) is 20.7. The van der Waals surface area contributed by atoms with E-state index in [0.717, 1.165) is 27.7 Å². The highest BCUT2D eigenvalue weighted by atomic mass is 35.5. The number of benzene rings is 3. The molecule has 0 aliphatic carbocycles. The number of ether oxygens (including phenoxy) is 1. The minimum Gasteiger partial charge on any atom is -0.487 e. The first kappa shape index (κ1) is 30.0. The molecule has 0 aliphatic rings. The zero-order valence-corrected chi connectivity index (χ0v) is 24.0. The van der Waals surface area contributed by atoms with Crippen LogP contribution in [0.15, 0.2) is 72.8 Å². The Hall–Kier alpha value is -3.58. The van der Waals surface area contributed by atoms with Gasteiger partial charge in [0.15, 0.2) is 0 Å². The molecule has 0 aliphatic heterocycles. The number of nitrogens with one attached hydrogen (secondary N) is 1. The predicted molar refractivity (Wildman–Crippen MR) is 161 cm³/mol. The van der Waals surface area contributed by atoms with Crippen LogP contribution in [0.3, 0.4) is 0 Å². The van der Waals surface area contributed by atoms with Gasteiger partial charge in [0.1, 0.15) is 17.9 Å². The fourth-order valence-electron chi connectivity index (χ4n) is 3.87. The maximum absolute atomic E-state index is 12.8. The molecule has 1 aromatic heterocycles. The largest absolute Gasteiger partial charge is 0.487 e. The third-order valence-corrected chi connectivity index (χ3v) is 6.89. The van der Waals surface area contributed by atoms with Gasteiger partial charge in [0.2, 0.25) is 11.8 Å². The number of hydrogen-bond acceptors (Lipinski definition) is 4. The van der Waals surface area contributed by atoms with Crippen molar-refractivity contribution in [3.63, 3.8) is 0 Å². The van der Waals surface area contributed by atoms with Gasteiger partial charge in [-0.15, -0.1) is 12.4 Å². The molecule has 3 aromatic carbocycles. The number of pyridine rings is 1. The van der Waals surface area contributed by atoms with Crippen LogP contribution in [-0.2, 0) is 16.2 Å². The first-order valence-electron chi connectivity index (χ1n) is 12.0. The summed E-state index contributed by atoms with van der Waals surface area (Å²) in [4.78, 5) is 31.1. The van der Waals surface area contributed by atoms with Crippen LogP contribution in [0.25, 0.3) is 17.0 Å². The van der Waals surface area contributed by atoms with Crippen molar-refractivity contribution in [1.82, 2.24) is 10.3 Å². The molecule has 39 heavy (non-hydrogen) atoms. The quantitative estimate of drug-likeness (QED) is 0.228. The Morgan fingerprint density at radius 2 is 1.77 bits per heavy atom. The zero-order valence-electron chi connectivity index (χ0n) is 21.7. The summed E-state index contributed by atoms with van der Waals surface area (Å²) in [6.07, 6.45) is 3.12. The Balaban J connectivity index is 0.00000420. The monoisotopic (exact) mass is 583 g/mol. The molecular formula is C30H28Cl3N3O3. The highest BCUT2D eigenvalue weighted by Gasteiger charge is 2.19. The second-order valence-corrected chi connectivity index (χ2v) is 9.57. The third kappa shape index (κ3) is 7.30. The van der Waals surface area contributed by atoms with Crippen LogP contribution in [0, 0.1) is 13.8 Å². The maximum atomic E-state index is 12.8. The number of likely N-dealkylation sites (N-methyl/N-ethyl adjacent to an activating group) is 1. The van der Waals surface area contributed by atoms with Crippen LogP contribution in [0.2, 0.25) is 10.0 Å². The minimum absolute atomic E-state index is 0. The van der Waals surface area contributed by atoms with Crippen molar-refractivity contribution >= 4 is 70.1 Å². The molecule has 1 N–H and O–H groups in total. The highest BCUT2D eigenvalue weighted by molar-refractivity contribution is 6.38. The summed E-state index contributed by atoms with van der Waals surface area (Å²) in [7, 11) is 1.59. The number of nitrogens with zero attached hydrogens (tertiary/aromatic N) is 2. The summed E-state index contributed by atoms with van der Waals surface area (Å²) in [6.45, 7) is 3.77. The van der Waals surface area contributed by atoms with Crippen molar-refractivity contribution in [2.24, 2.45) is 0 Å². The first-order valence-corrected chi connectivity index (χ1v) is 12.7. The molecule has 0 radical (unpaired) electrons. The van der Waals surface area contributed by atoms with Gasteiger partial charge in [-0.2, -0.15) is 0 Å². The van der Waals surface area contributed by atoms with Crippen molar-refractivity contribution in [2.45, 2.75) is 20.5 Å². The third-order valence-electron chi connectivity index (χ3n) is 6.11. The molecule has 6 nitrogen and oxygen atoms in total. The second kappa shape index (κ2) is 13.5. The van der Waals surface area contributed by atoms with Crippen LogP contribution >= 0.6 is 35.6 Å². The molecule has 0 bridgehead atoms. The number of aromatic nitrogens is 1. The second-order valence-electron chi connectivity index (χ2n) is 8.79. The molecule has 4 aromatic rings. The van der Waals surface area contributed by atoms with E-state index in [0.29, 0.717) is 27.0 Å². The summed E-state index contributed by atoms with van der Waals surface area (Å²) < 4.78 is 6.07. The molecule has 0 atom stereocenters. The van der Waals surface area contributed by atoms with Crippen LogP contribution in [-0.4, -0.2) is 30.4 Å². The molecule has 202 valence electrons. The van der Waals surface area contributed by atoms with Gasteiger partial charge in [-0.1, -0.05) is 65.7 Å². The van der Waals surface area contributed by atoms with Crippen LogP contribution in [0.5, 0.6) is 5.75 Å². The number of amides is 2. The lowest BCUT2D eigenvalue weighted by atomic mass is 10.1. The lowest BCUT2D eigenvalue weighted by Crippen LogP contribution is -2.37. The average molecular weight is 585 g/mol. The maximum Gasteiger partial charge on any atom is 0.246 e. The summed E-state index contributed by atoms with van der Waals surface area (Å²) in [5, 5.41) is 4.29. The number of halogens is 3. The number of rotatable bonds is 8. The standard InChI is InChI=1S/C30H27Cl2N3O3.ClH/c1-19-7-4-5-8-21(19)13-16-27(36)33-17-28(37)35(3)25-15-14-24(31)23(29(25)32)18-38-26-10-6-9-22-12-11-20(2)34-30(22)26;/h4-16H,17-18H2,1-3H3,(H,33,36);1H. The average Bonchev–Trinajstić information content (AvgIpc) is 2.91. The van der Waals surface area contributed by atoms with E-state index in [1.54, 1.807) is 25.3 Å². The number of fused-ring (bicyclic) bond motifs is 1. The molecular weight excluding hydrogens is 557 g/mol. The number of carbonyl (C=O) groups is 2. The summed E-state index contributed by atoms with van der Waals surface area (Å²) >= 11 is 13.1. The van der Waals surface area contributed by atoms with E-state index >= 15 is 0 Å². The Morgan fingerprint density at radius 1 is 1.00 bits per heavy atom. The molecule has 9 heteroatoms. The molecule has 0 fully saturated rings. The number of para-hydroxylation sites is 1. The van der Waals surface area contributed by atoms with E-state index in [9.17, 15) is 9.59 Å². The Bertz CT molecular complexity index is 1540. The molecule has 4 rings (SSSR count). The molecule has 0 saturated carbocycles. The van der Waals surface area contributed by atoms with Crippen LogP contribution in [0.4, 0.5) is 5.69 Å². The van der Waals surface area contributed by atoms with Crippen molar-refractivity contribution < 1.29 is 14.3 Å². The Kier molecular flexibility index (Phi) is 10.4. The van der Waals surface area contributed by atoms with Gasteiger partial charge in [-0.05, 0) is 55.3 Å². The molecule has 0 unspecified atom stereocenters. The molecule has 0 spiro atoms. The summed E-state index contributed by atoms with van der Waals surface area (Å²) in [5.41, 5.74) is 4.61. The molecule has 1 heterocycles. The lowest BCUT2D eigenvalue weighted by Gasteiger charge is -2.21. The Morgan fingerprint density at radius 3 is 2.54 bits per heavy atom. The van der Waals surface area contributed by atoms with Crippen LogP contribution in [0.1, 0.15) is 22.4 Å². The lowest BCUT2D eigenvalue weighted by molar-refractivity contribution is -0.122. The van der Waals surface area contributed by atoms with E-state index in [-0.39, 0.29) is 37.4 Å². The van der Waals surface area contributed by atoms with Gasteiger partial charge >= 0.3 is 0 Å². The number of aryl methyl sites for hydroxylation is 2. The predicted octanol–water partition coefficient (Wildman–Crippen LogP) is 6.95. The fourth-order valence-corrected chi connectivity index (χ4v) is 4.48. The first-order chi connectivity index (χ1) is 18.2. The van der Waals surface area contributed by atoms with E-state index < -0.39 is 0 Å². The van der Waals surface area contributed by atoms with E-state index in [4.69, 9.17) is 27.9 Å². The van der Waals surface area contributed by atoms with E-state index in [2.05, 4.69) is 10.3 Å². The van der Waals surface area contributed by atoms with Crippen molar-refractivity contribution in [2.75, 3.05) is 18.5 Å². The number of carbonyl (C=O) groups excluding carboxylic acids is 2. The Labute approximate surface area is 244 Å². The SMILES string of the molecule is Cc1ccc2cccc(OCc3c(Cl)ccc(N(C)C(=O)CNC(=O)C=Cc4ccccc4C)c3Cl)c2n1.Cl. The van der Waals surface area contributed by atoms with Crippen molar-refractivity contribution in [1.29, 1.82) is 0 Å². The van der Waals surface area contributed by atoms with Crippen molar-refractivity contribution in [3.8, 4) is 5.75 Å². The highest BCUT2D eigenvalue weighted by Crippen LogP contribution is 2.35. The topological polar surface area (TPSA) is 71.5 Å². The van der Waals surface area contributed by atoms with Gasteiger partial charge in [0, 0.05) is 34.8 Å². The minimum atomic E-state index is -0.370. The van der Waals surface area contributed by atoms with Gasteiger partial charge in [0.05, 0.1) is 17.3 Å². The molecule has 2 amide bonds. The van der Waals surface area contributed by atoms with Gasteiger partial charge < -0.3 is 15.0 Å². The van der Waals surface area contributed by atoms with Gasteiger partial charge in [0.25, 0.3) is 0 Å². The molecule has 0 saturated heterocycles. The number of hydrogen-bond donors (Lipinski definition) is 1. The van der Waals surface area contributed by atoms with Crippen molar-refractivity contribution in [3.05, 3.63) is 105 Å². The van der Waals surface area contributed by atoms with E-state index in [1.165, 1.54) is 11.0 Å². The van der Waals surface area contributed by atoms with Crippen LogP contribution < -0.4 is 15.0 Å². The zero-order chi connectivity index (χ0) is 27.2. The normalized spacial score (nSPS) is 10.8. The number of anilines is 1. The fraction of sp³-hybridized carbons (Fsp3) is 0.167.